The Hall–Kier alpha value is -1.85. The molecule has 0 aromatic heterocycles. The highest BCUT2D eigenvalue weighted by atomic mass is 16.7. The van der Waals surface area contributed by atoms with Gasteiger partial charge in [-0.15, -0.1) is 0 Å². The lowest BCUT2D eigenvalue weighted by molar-refractivity contribution is -0.162. The summed E-state index contributed by atoms with van der Waals surface area (Å²) in [5.74, 6) is 0.617. The Bertz CT molecular complexity index is 496. The number of ether oxygens (including phenoxy) is 2. The molecular weight excluding hydrogens is 282 g/mol. The van der Waals surface area contributed by atoms with Crippen molar-refractivity contribution >= 4 is 5.91 Å². The van der Waals surface area contributed by atoms with E-state index in [1.807, 2.05) is 38.1 Å². The van der Waals surface area contributed by atoms with E-state index in [1.54, 1.807) is 20.2 Å². The summed E-state index contributed by atoms with van der Waals surface area (Å²) in [4.78, 5) is 16.7. The Morgan fingerprint density at radius 2 is 1.91 bits per heavy atom. The van der Waals surface area contributed by atoms with Crippen LogP contribution < -0.4 is 4.74 Å². The Morgan fingerprint density at radius 3 is 2.41 bits per heavy atom. The average molecular weight is 307 g/mol. The van der Waals surface area contributed by atoms with Crippen LogP contribution in [-0.4, -0.2) is 38.3 Å². The van der Waals surface area contributed by atoms with E-state index in [0.29, 0.717) is 6.61 Å². The van der Waals surface area contributed by atoms with Gasteiger partial charge in [-0.2, -0.15) is 0 Å². The lowest BCUT2D eigenvalue weighted by Crippen LogP contribution is -2.25. The molecule has 22 heavy (non-hydrogen) atoms. The van der Waals surface area contributed by atoms with E-state index in [-0.39, 0.29) is 12.0 Å². The number of hydrogen-bond acceptors (Lipinski definition) is 4. The summed E-state index contributed by atoms with van der Waals surface area (Å²) in [7, 11) is 4.67. The Balaban J connectivity index is 2.63. The van der Waals surface area contributed by atoms with Crippen LogP contribution in [0.4, 0.5) is 0 Å². The first-order valence-corrected chi connectivity index (χ1v) is 7.26. The largest absolute Gasteiger partial charge is 0.497 e. The van der Waals surface area contributed by atoms with Crippen molar-refractivity contribution < 1.29 is 19.1 Å². The second kappa shape index (κ2) is 9.23. The van der Waals surface area contributed by atoms with Gasteiger partial charge in [0.2, 0.25) is 0 Å². The lowest BCUT2D eigenvalue weighted by atomic mass is 10.1. The van der Waals surface area contributed by atoms with Crippen LogP contribution in [0.2, 0.25) is 0 Å². The summed E-state index contributed by atoms with van der Waals surface area (Å²) in [6, 6.07) is 7.74. The first-order valence-electron chi connectivity index (χ1n) is 7.26. The van der Waals surface area contributed by atoms with Crippen molar-refractivity contribution in [2.45, 2.75) is 33.0 Å². The van der Waals surface area contributed by atoms with Crippen LogP contribution in [0.3, 0.4) is 0 Å². The molecule has 1 unspecified atom stereocenters. The molecule has 1 atom stereocenters. The SMILES string of the molecule is CCC(OCc1ccc(OC)cc1)/C(C)=C/C(=O)N(C)OC. The number of hydrogen-bond donors (Lipinski definition) is 0. The van der Waals surface area contributed by atoms with Crippen molar-refractivity contribution in [2.75, 3.05) is 21.3 Å². The minimum absolute atomic E-state index is 0.101. The van der Waals surface area contributed by atoms with Gasteiger partial charge in [-0.25, -0.2) is 5.06 Å². The van der Waals surface area contributed by atoms with E-state index in [4.69, 9.17) is 14.3 Å². The van der Waals surface area contributed by atoms with Crippen molar-refractivity contribution in [3.63, 3.8) is 0 Å². The molecule has 0 radical (unpaired) electrons. The van der Waals surface area contributed by atoms with Gasteiger partial charge in [-0.1, -0.05) is 19.1 Å². The lowest BCUT2D eigenvalue weighted by Gasteiger charge is -2.18. The van der Waals surface area contributed by atoms with E-state index < -0.39 is 0 Å². The molecule has 1 rings (SSSR count). The molecule has 1 aromatic carbocycles. The molecule has 0 aliphatic rings. The molecule has 0 aliphatic carbocycles. The molecule has 0 saturated heterocycles. The fraction of sp³-hybridized carbons (Fsp3) is 0.471. The van der Waals surface area contributed by atoms with Crippen molar-refractivity contribution in [3.8, 4) is 5.75 Å². The molecule has 5 heteroatoms. The van der Waals surface area contributed by atoms with Gasteiger partial charge in [0.1, 0.15) is 5.75 Å². The number of methoxy groups -OCH3 is 1. The van der Waals surface area contributed by atoms with E-state index in [0.717, 1.165) is 23.3 Å². The monoisotopic (exact) mass is 307 g/mol. The number of nitrogens with zero attached hydrogens (tertiary/aromatic N) is 1. The Labute approximate surface area is 132 Å². The molecule has 0 saturated carbocycles. The molecule has 1 aromatic rings. The zero-order valence-corrected chi connectivity index (χ0v) is 14.0. The molecular formula is C17H25NO4. The second-order valence-corrected chi connectivity index (χ2v) is 4.96. The van der Waals surface area contributed by atoms with Crippen molar-refractivity contribution in [3.05, 3.63) is 41.5 Å². The van der Waals surface area contributed by atoms with Gasteiger partial charge in [0.15, 0.2) is 0 Å². The standard InChI is InChI=1S/C17H25NO4/c1-6-16(13(2)11-17(19)18(3)21-5)22-12-14-7-9-15(20-4)10-8-14/h7-11,16H,6,12H2,1-5H3/b13-11+. The molecule has 0 bridgehead atoms. The summed E-state index contributed by atoms with van der Waals surface area (Å²) in [5, 5.41) is 1.18. The number of likely N-dealkylation sites (N-methyl/N-ethyl adjacent to an activating group) is 1. The van der Waals surface area contributed by atoms with Crippen LogP contribution in [0, 0.1) is 0 Å². The third-order valence-corrected chi connectivity index (χ3v) is 3.42. The normalized spacial score (nSPS) is 12.9. The number of carbonyl (C=O) groups is 1. The molecule has 0 N–H and O–H groups in total. The van der Waals surface area contributed by atoms with Crippen LogP contribution >= 0.6 is 0 Å². The van der Waals surface area contributed by atoms with E-state index in [2.05, 4.69) is 0 Å². The molecule has 122 valence electrons. The van der Waals surface area contributed by atoms with Crippen LogP contribution in [0.5, 0.6) is 5.75 Å². The third-order valence-electron chi connectivity index (χ3n) is 3.42. The molecule has 0 aliphatic heterocycles. The van der Waals surface area contributed by atoms with Crippen LogP contribution in [0.25, 0.3) is 0 Å². The summed E-state index contributed by atoms with van der Waals surface area (Å²) in [5.41, 5.74) is 1.94. The van der Waals surface area contributed by atoms with Gasteiger partial charge < -0.3 is 9.47 Å². The fourth-order valence-corrected chi connectivity index (χ4v) is 1.96. The van der Waals surface area contributed by atoms with Crippen LogP contribution in [0.1, 0.15) is 25.8 Å². The van der Waals surface area contributed by atoms with E-state index in [9.17, 15) is 4.79 Å². The Kier molecular flexibility index (Phi) is 7.63. The minimum atomic E-state index is -0.202. The zero-order valence-electron chi connectivity index (χ0n) is 14.0. The molecule has 0 heterocycles. The predicted molar refractivity (Wildman–Crippen MR) is 85.4 cm³/mol. The van der Waals surface area contributed by atoms with Gasteiger partial charge in [0.25, 0.3) is 5.91 Å². The first kappa shape index (κ1) is 18.2. The van der Waals surface area contributed by atoms with E-state index >= 15 is 0 Å². The van der Waals surface area contributed by atoms with Crippen molar-refractivity contribution in [1.82, 2.24) is 5.06 Å². The average Bonchev–Trinajstić information content (AvgIpc) is 2.55. The zero-order chi connectivity index (χ0) is 16.5. The first-order chi connectivity index (χ1) is 10.5. The molecule has 0 fully saturated rings. The van der Waals surface area contributed by atoms with Crippen molar-refractivity contribution in [1.29, 1.82) is 0 Å². The number of carbonyl (C=O) groups excluding carboxylic acids is 1. The fourth-order valence-electron chi connectivity index (χ4n) is 1.96. The summed E-state index contributed by atoms with van der Waals surface area (Å²) in [6.45, 7) is 4.41. The molecule has 1 amide bonds. The molecule has 5 nitrogen and oxygen atoms in total. The van der Waals surface area contributed by atoms with Gasteiger partial charge in [-0.05, 0) is 36.6 Å². The maximum atomic E-state index is 11.8. The highest BCUT2D eigenvalue weighted by Crippen LogP contribution is 2.16. The van der Waals surface area contributed by atoms with E-state index in [1.165, 1.54) is 12.2 Å². The number of amides is 1. The number of rotatable bonds is 8. The highest BCUT2D eigenvalue weighted by Gasteiger charge is 2.12. The van der Waals surface area contributed by atoms with Crippen LogP contribution in [-0.2, 0) is 21.0 Å². The highest BCUT2D eigenvalue weighted by molar-refractivity contribution is 5.87. The second-order valence-electron chi connectivity index (χ2n) is 4.96. The predicted octanol–water partition coefficient (Wildman–Crippen LogP) is 2.96. The number of hydroxylamine groups is 2. The maximum absolute atomic E-state index is 11.8. The maximum Gasteiger partial charge on any atom is 0.269 e. The minimum Gasteiger partial charge on any atom is -0.497 e. The molecule has 0 spiro atoms. The topological polar surface area (TPSA) is 48.0 Å². The van der Waals surface area contributed by atoms with Gasteiger partial charge in [-0.3, -0.25) is 9.63 Å². The number of benzene rings is 1. The smallest absolute Gasteiger partial charge is 0.269 e. The van der Waals surface area contributed by atoms with Crippen molar-refractivity contribution in [2.24, 2.45) is 0 Å². The third kappa shape index (κ3) is 5.50. The quantitative estimate of drug-likeness (QED) is 0.547. The summed E-state index contributed by atoms with van der Waals surface area (Å²) >= 11 is 0. The van der Waals surface area contributed by atoms with Gasteiger partial charge >= 0.3 is 0 Å². The summed E-state index contributed by atoms with van der Waals surface area (Å²) in [6.07, 6.45) is 2.24. The Morgan fingerprint density at radius 1 is 1.27 bits per heavy atom. The van der Waals surface area contributed by atoms with Gasteiger partial charge in [0, 0.05) is 13.1 Å². The summed E-state index contributed by atoms with van der Waals surface area (Å²) < 4.78 is 11.0. The van der Waals surface area contributed by atoms with Crippen LogP contribution in [0.15, 0.2) is 35.9 Å². The van der Waals surface area contributed by atoms with Gasteiger partial charge in [0.05, 0.1) is 26.9 Å².